The quantitative estimate of drug-likeness (QED) is 0.366. The second-order valence-corrected chi connectivity index (χ2v) is 7.27. The van der Waals surface area contributed by atoms with E-state index in [4.69, 9.17) is 51.2 Å². The highest BCUT2D eigenvalue weighted by Gasteiger charge is 2.35. The predicted octanol–water partition coefficient (Wildman–Crippen LogP) is 5.07. The number of hydrogen-bond donors (Lipinski definition) is 0. The summed E-state index contributed by atoms with van der Waals surface area (Å²) in [6.45, 7) is 0.235. The van der Waals surface area contributed by atoms with E-state index in [0.29, 0.717) is 26.3 Å². The second kappa shape index (κ2) is 8.48. The number of hydrogen-bond acceptors (Lipinski definition) is 4. The molecule has 0 saturated carbocycles. The van der Waals surface area contributed by atoms with Crippen molar-refractivity contribution in [1.29, 1.82) is 0 Å². The normalized spacial score (nSPS) is 14.6. The number of carbonyl (C=O) groups is 2. The summed E-state index contributed by atoms with van der Waals surface area (Å²) in [5.41, 5.74) is 1.85. The standard InChI is InChI=1S/C18H12Cl4N2O3/c19-6-5-16(25)27-23-17-12-8-11(20)2-4-15(12)24(18(17)26)9-10-1-3-13(21)14(22)7-10/h1-4,7-8H,5-6,9H2. The minimum Gasteiger partial charge on any atom is -0.317 e. The van der Waals surface area contributed by atoms with Crippen LogP contribution in [0.2, 0.25) is 15.1 Å². The Bertz CT molecular complexity index is 946. The monoisotopic (exact) mass is 444 g/mol. The summed E-state index contributed by atoms with van der Waals surface area (Å²) in [5, 5.41) is 4.98. The predicted molar refractivity (Wildman–Crippen MR) is 107 cm³/mol. The lowest BCUT2D eigenvalue weighted by Gasteiger charge is -2.17. The highest BCUT2D eigenvalue weighted by atomic mass is 35.5. The second-order valence-electron chi connectivity index (χ2n) is 5.64. The molecular formula is C18H12Cl4N2O3. The molecule has 5 nitrogen and oxygen atoms in total. The molecule has 0 atom stereocenters. The van der Waals surface area contributed by atoms with Gasteiger partial charge < -0.3 is 9.74 Å². The zero-order valence-corrected chi connectivity index (χ0v) is 16.7. The highest BCUT2D eigenvalue weighted by molar-refractivity contribution is 6.54. The molecule has 0 bridgehead atoms. The van der Waals surface area contributed by atoms with Crippen molar-refractivity contribution in [2.45, 2.75) is 13.0 Å². The van der Waals surface area contributed by atoms with E-state index in [1.165, 1.54) is 4.90 Å². The first kappa shape index (κ1) is 20.0. The first-order valence-electron chi connectivity index (χ1n) is 7.80. The lowest BCUT2D eigenvalue weighted by atomic mass is 10.1. The molecule has 1 aliphatic heterocycles. The number of alkyl halides is 1. The molecule has 1 aliphatic rings. The van der Waals surface area contributed by atoms with Crippen molar-refractivity contribution < 1.29 is 14.4 Å². The number of anilines is 1. The molecule has 0 aliphatic carbocycles. The molecular weight excluding hydrogens is 434 g/mol. The fraction of sp³-hybridized carbons (Fsp3) is 0.167. The number of fused-ring (bicyclic) bond motifs is 1. The molecule has 0 N–H and O–H groups in total. The minimum absolute atomic E-state index is 0.00418. The molecule has 0 unspecified atom stereocenters. The van der Waals surface area contributed by atoms with Gasteiger partial charge in [-0.3, -0.25) is 4.79 Å². The van der Waals surface area contributed by atoms with Crippen molar-refractivity contribution in [2.75, 3.05) is 10.8 Å². The maximum atomic E-state index is 12.9. The van der Waals surface area contributed by atoms with Crippen molar-refractivity contribution in [2.24, 2.45) is 5.16 Å². The number of rotatable bonds is 5. The van der Waals surface area contributed by atoms with Crippen molar-refractivity contribution >= 4 is 69.7 Å². The number of nitrogens with zero attached hydrogens (tertiary/aromatic N) is 2. The zero-order valence-electron chi connectivity index (χ0n) is 13.7. The van der Waals surface area contributed by atoms with Gasteiger partial charge in [0.15, 0.2) is 5.71 Å². The summed E-state index contributed by atoms with van der Waals surface area (Å²) in [7, 11) is 0. The van der Waals surface area contributed by atoms with Crippen LogP contribution in [-0.4, -0.2) is 23.5 Å². The third kappa shape index (κ3) is 4.38. The van der Waals surface area contributed by atoms with E-state index in [2.05, 4.69) is 5.16 Å². The number of carbonyl (C=O) groups excluding carboxylic acids is 2. The summed E-state index contributed by atoms with van der Waals surface area (Å²) in [5.74, 6) is -0.947. The largest absolute Gasteiger partial charge is 0.336 e. The fourth-order valence-corrected chi connectivity index (χ4v) is 3.22. The van der Waals surface area contributed by atoms with Crippen LogP contribution in [0.5, 0.6) is 0 Å². The first-order chi connectivity index (χ1) is 12.9. The molecule has 0 spiro atoms. The van der Waals surface area contributed by atoms with Crippen molar-refractivity contribution in [3.63, 3.8) is 0 Å². The SMILES string of the molecule is O=C(CCCl)ON=C1C(=O)N(Cc2ccc(Cl)c(Cl)c2)c2ccc(Cl)cc21. The molecule has 1 amide bonds. The zero-order chi connectivity index (χ0) is 19.6. The molecule has 27 heavy (non-hydrogen) atoms. The molecule has 0 aromatic heterocycles. The number of oxime groups is 1. The Morgan fingerprint density at radius 2 is 1.85 bits per heavy atom. The maximum absolute atomic E-state index is 12.9. The Labute approximate surface area is 175 Å². The van der Waals surface area contributed by atoms with Gasteiger partial charge >= 0.3 is 5.97 Å². The van der Waals surface area contributed by atoms with Gasteiger partial charge in [-0.1, -0.05) is 46.0 Å². The molecule has 0 saturated heterocycles. The van der Waals surface area contributed by atoms with Gasteiger partial charge in [-0.2, -0.15) is 0 Å². The Hall–Kier alpha value is -1.79. The highest BCUT2D eigenvalue weighted by Crippen LogP contribution is 2.34. The van der Waals surface area contributed by atoms with Gasteiger partial charge in [0.1, 0.15) is 0 Å². The van der Waals surface area contributed by atoms with Gasteiger partial charge in [0.2, 0.25) is 0 Å². The van der Waals surface area contributed by atoms with E-state index in [1.807, 2.05) is 0 Å². The van der Waals surface area contributed by atoms with Gasteiger partial charge in [0.25, 0.3) is 5.91 Å². The van der Waals surface area contributed by atoms with Gasteiger partial charge in [-0.25, -0.2) is 4.79 Å². The van der Waals surface area contributed by atoms with Gasteiger partial charge in [-0.15, -0.1) is 11.6 Å². The van der Waals surface area contributed by atoms with E-state index >= 15 is 0 Å². The average Bonchev–Trinajstić information content (AvgIpc) is 2.87. The fourth-order valence-electron chi connectivity index (χ4n) is 2.57. The Morgan fingerprint density at radius 1 is 1.07 bits per heavy atom. The summed E-state index contributed by atoms with van der Waals surface area (Å²) in [6.07, 6.45) is -0.0120. The van der Waals surface area contributed by atoms with Gasteiger partial charge in [0.05, 0.1) is 28.7 Å². The Kier molecular flexibility index (Phi) is 6.27. The van der Waals surface area contributed by atoms with Crippen molar-refractivity contribution in [1.82, 2.24) is 0 Å². The van der Waals surface area contributed by atoms with Crippen LogP contribution in [0.4, 0.5) is 5.69 Å². The number of benzene rings is 2. The van der Waals surface area contributed by atoms with Crippen LogP contribution in [-0.2, 0) is 21.0 Å². The van der Waals surface area contributed by atoms with Crippen LogP contribution in [0.1, 0.15) is 17.5 Å². The summed E-state index contributed by atoms with van der Waals surface area (Å²) in [6, 6.07) is 10.1. The van der Waals surface area contributed by atoms with Gasteiger partial charge in [-0.05, 0) is 35.9 Å². The minimum atomic E-state index is -0.628. The molecule has 0 radical (unpaired) electrons. The first-order valence-corrected chi connectivity index (χ1v) is 9.47. The molecule has 3 rings (SSSR count). The molecule has 9 heteroatoms. The summed E-state index contributed by atoms with van der Waals surface area (Å²) < 4.78 is 0. The smallest absolute Gasteiger partial charge is 0.317 e. The number of amides is 1. The Balaban J connectivity index is 1.94. The van der Waals surface area contributed by atoms with Crippen LogP contribution in [0, 0.1) is 0 Å². The maximum Gasteiger partial charge on any atom is 0.336 e. The third-order valence-corrected chi connectivity index (χ3v) is 4.98. The summed E-state index contributed by atoms with van der Waals surface area (Å²) in [4.78, 5) is 30.7. The van der Waals surface area contributed by atoms with Crippen LogP contribution in [0.15, 0.2) is 41.6 Å². The van der Waals surface area contributed by atoms with Crippen molar-refractivity contribution in [3.05, 3.63) is 62.6 Å². The molecule has 1 heterocycles. The molecule has 2 aromatic rings. The number of halogens is 4. The van der Waals surface area contributed by atoms with Crippen LogP contribution >= 0.6 is 46.4 Å². The summed E-state index contributed by atoms with van der Waals surface area (Å²) >= 11 is 23.5. The van der Waals surface area contributed by atoms with E-state index < -0.39 is 11.9 Å². The van der Waals surface area contributed by atoms with Crippen molar-refractivity contribution in [3.8, 4) is 0 Å². The van der Waals surface area contributed by atoms with Crippen LogP contribution in [0.3, 0.4) is 0 Å². The van der Waals surface area contributed by atoms with E-state index in [0.717, 1.165) is 5.56 Å². The molecule has 0 fully saturated rings. The van der Waals surface area contributed by atoms with E-state index in [9.17, 15) is 9.59 Å². The van der Waals surface area contributed by atoms with E-state index in [-0.39, 0.29) is 24.6 Å². The molecule has 140 valence electrons. The van der Waals surface area contributed by atoms with Crippen LogP contribution < -0.4 is 4.90 Å². The topological polar surface area (TPSA) is 59.0 Å². The molecule has 2 aromatic carbocycles. The van der Waals surface area contributed by atoms with E-state index in [1.54, 1.807) is 36.4 Å². The lowest BCUT2D eigenvalue weighted by molar-refractivity contribution is -0.143. The average molecular weight is 446 g/mol. The lowest BCUT2D eigenvalue weighted by Crippen LogP contribution is -2.29. The third-order valence-electron chi connectivity index (χ3n) is 3.81. The van der Waals surface area contributed by atoms with Crippen LogP contribution in [0.25, 0.3) is 0 Å². The van der Waals surface area contributed by atoms with Gasteiger partial charge in [0, 0.05) is 16.5 Å². The Morgan fingerprint density at radius 3 is 2.56 bits per heavy atom.